The first-order valence-corrected chi connectivity index (χ1v) is 11.9. The number of aromatic nitrogens is 3. The molecule has 0 bridgehead atoms. The molecule has 3 N–H and O–H groups in total. The number of hydrogen-bond donors (Lipinski definition) is 2. The number of urea groups is 1. The van der Waals surface area contributed by atoms with Gasteiger partial charge in [-0.25, -0.2) is 9.78 Å². The number of amides is 2. The SMILES string of the molecule is CN(C)c1ccc(NC(=O)N2CCN(c3nc(N)nc4scc(-c5cccnc5)c34)CC2)cc1. The predicted molar refractivity (Wildman–Crippen MR) is 139 cm³/mol. The topological polar surface area (TPSA) is 104 Å². The van der Waals surface area contributed by atoms with Gasteiger partial charge in [0, 0.05) is 80.5 Å². The Morgan fingerprint density at radius 2 is 1.85 bits per heavy atom. The Kier molecular flexibility index (Phi) is 5.89. The Bertz CT molecular complexity index is 1300. The van der Waals surface area contributed by atoms with Gasteiger partial charge in [0.15, 0.2) is 0 Å². The summed E-state index contributed by atoms with van der Waals surface area (Å²) in [6.07, 6.45) is 3.60. The number of piperazine rings is 1. The van der Waals surface area contributed by atoms with E-state index in [4.69, 9.17) is 5.73 Å². The second-order valence-corrected chi connectivity index (χ2v) is 9.18. The number of nitrogens with one attached hydrogen (secondary N) is 1. The molecule has 34 heavy (non-hydrogen) atoms. The molecule has 5 rings (SSSR count). The summed E-state index contributed by atoms with van der Waals surface area (Å²) in [5, 5.41) is 6.05. The second kappa shape index (κ2) is 9.14. The van der Waals surface area contributed by atoms with Crippen molar-refractivity contribution in [1.29, 1.82) is 0 Å². The van der Waals surface area contributed by atoms with Crippen LogP contribution >= 0.6 is 11.3 Å². The van der Waals surface area contributed by atoms with Crippen molar-refractivity contribution in [2.75, 3.05) is 61.1 Å². The zero-order valence-corrected chi connectivity index (χ0v) is 19.9. The summed E-state index contributed by atoms with van der Waals surface area (Å²) in [6, 6.07) is 11.7. The smallest absolute Gasteiger partial charge is 0.321 e. The van der Waals surface area contributed by atoms with Crippen LogP contribution < -0.4 is 20.9 Å². The lowest BCUT2D eigenvalue weighted by Crippen LogP contribution is -2.50. The van der Waals surface area contributed by atoms with Crippen molar-refractivity contribution in [3.05, 3.63) is 54.2 Å². The first kappa shape index (κ1) is 21.9. The summed E-state index contributed by atoms with van der Waals surface area (Å²) < 4.78 is 0. The minimum Gasteiger partial charge on any atom is -0.378 e. The molecule has 2 amide bonds. The van der Waals surface area contributed by atoms with Crippen molar-refractivity contribution in [1.82, 2.24) is 19.9 Å². The van der Waals surface area contributed by atoms with Crippen LogP contribution in [0.15, 0.2) is 54.2 Å². The quantitative estimate of drug-likeness (QED) is 0.464. The zero-order valence-electron chi connectivity index (χ0n) is 19.1. The highest BCUT2D eigenvalue weighted by molar-refractivity contribution is 7.17. The van der Waals surface area contributed by atoms with Crippen molar-refractivity contribution in [3.63, 3.8) is 0 Å². The highest BCUT2D eigenvalue weighted by atomic mass is 32.1. The molecule has 1 aliphatic heterocycles. The van der Waals surface area contributed by atoms with Gasteiger partial charge in [0.2, 0.25) is 5.95 Å². The van der Waals surface area contributed by atoms with Crippen LogP contribution in [0, 0.1) is 0 Å². The van der Waals surface area contributed by atoms with E-state index in [1.807, 2.05) is 66.5 Å². The molecule has 0 aliphatic carbocycles. The van der Waals surface area contributed by atoms with Crippen molar-refractivity contribution in [2.45, 2.75) is 0 Å². The summed E-state index contributed by atoms with van der Waals surface area (Å²) in [6.45, 7) is 2.47. The Balaban J connectivity index is 1.32. The van der Waals surface area contributed by atoms with E-state index in [0.29, 0.717) is 26.2 Å². The number of nitrogen functional groups attached to an aromatic ring is 1. The molecule has 0 unspecified atom stereocenters. The van der Waals surface area contributed by atoms with E-state index < -0.39 is 0 Å². The molecule has 4 aromatic rings. The number of carbonyl (C=O) groups excluding carboxylic acids is 1. The van der Waals surface area contributed by atoms with Crippen LogP contribution in [0.25, 0.3) is 21.3 Å². The number of pyridine rings is 1. The average Bonchev–Trinajstić information content (AvgIpc) is 3.28. The number of thiophene rings is 1. The number of rotatable bonds is 4. The maximum atomic E-state index is 12.8. The third kappa shape index (κ3) is 4.32. The fraction of sp³-hybridized carbons (Fsp3) is 0.250. The van der Waals surface area contributed by atoms with Crippen molar-refractivity contribution in [3.8, 4) is 11.1 Å². The van der Waals surface area contributed by atoms with Crippen LogP contribution in [-0.2, 0) is 0 Å². The number of fused-ring (bicyclic) bond motifs is 1. The third-order valence-electron chi connectivity index (χ3n) is 5.91. The Hall–Kier alpha value is -3.92. The Labute approximate surface area is 201 Å². The molecule has 0 atom stereocenters. The molecule has 1 saturated heterocycles. The maximum absolute atomic E-state index is 12.8. The van der Waals surface area contributed by atoms with Crippen LogP contribution in [0.5, 0.6) is 0 Å². The minimum absolute atomic E-state index is 0.101. The molecule has 1 aliphatic rings. The average molecular weight is 475 g/mol. The lowest BCUT2D eigenvalue weighted by atomic mass is 10.1. The molecule has 1 fully saturated rings. The fourth-order valence-electron chi connectivity index (χ4n) is 4.07. The van der Waals surface area contributed by atoms with Gasteiger partial charge in [-0.05, 0) is 30.3 Å². The van der Waals surface area contributed by atoms with Crippen molar-refractivity contribution in [2.24, 2.45) is 0 Å². The van der Waals surface area contributed by atoms with Crippen LogP contribution in [0.2, 0.25) is 0 Å². The molecule has 1 aromatic carbocycles. The number of hydrogen-bond acceptors (Lipinski definition) is 8. The maximum Gasteiger partial charge on any atom is 0.321 e. The number of nitrogens with zero attached hydrogens (tertiary/aromatic N) is 6. The van der Waals surface area contributed by atoms with Gasteiger partial charge in [0.1, 0.15) is 10.6 Å². The molecule has 9 nitrogen and oxygen atoms in total. The van der Waals surface area contributed by atoms with Gasteiger partial charge in [0.25, 0.3) is 0 Å². The molecular formula is C24H26N8OS. The lowest BCUT2D eigenvalue weighted by Gasteiger charge is -2.35. The molecule has 174 valence electrons. The van der Waals surface area contributed by atoms with E-state index in [9.17, 15) is 4.79 Å². The number of benzene rings is 1. The van der Waals surface area contributed by atoms with Gasteiger partial charge in [-0.2, -0.15) is 4.98 Å². The van der Waals surface area contributed by atoms with E-state index in [1.165, 1.54) is 0 Å². The number of carbonyl (C=O) groups is 1. The second-order valence-electron chi connectivity index (χ2n) is 8.32. The van der Waals surface area contributed by atoms with E-state index in [2.05, 4.69) is 30.5 Å². The van der Waals surface area contributed by atoms with Gasteiger partial charge < -0.3 is 25.8 Å². The van der Waals surface area contributed by atoms with Crippen LogP contribution in [-0.4, -0.2) is 66.2 Å². The number of nitrogens with two attached hydrogens (primary N) is 1. The van der Waals surface area contributed by atoms with Gasteiger partial charge in [-0.3, -0.25) is 4.98 Å². The molecule has 0 radical (unpaired) electrons. The summed E-state index contributed by atoms with van der Waals surface area (Å²) in [5.41, 5.74) is 9.96. The molecule has 4 heterocycles. The summed E-state index contributed by atoms with van der Waals surface area (Å²) in [7, 11) is 3.98. The fourth-order valence-corrected chi connectivity index (χ4v) is 5.02. The van der Waals surface area contributed by atoms with Crippen LogP contribution in [0.1, 0.15) is 0 Å². The summed E-state index contributed by atoms with van der Waals surface area (Å²) in [4.78, 5) is 33.0. The zero-order chi connectivity index (χ0) is 23.7. The normalized spacial score (nSPS) is 13.8. The van der Waals surface area contributed by atoms with Crippen molar-refractivity contribution < 1.29 is 4.79 Å². The number of anilines is 4. The lowest BCUT2D eigenvalue weighted by molar-refractivity contribution is 0.208. The highest BCUT2D eigenvalue weighted by Gasteiger charge is 2.25. The summed E-state index contributed by atoms with van der Waals surface area (Å²) in [5.74, 6) is 1.06. The minimum atomic E-state index is -0.101. The standard InChI is InChI=1S/C24H26N8OS/c1-30(2)18-7-5-17(6-8-18)27-24(33)32-12-10-31(11-13-32)21-20-19(16-4-3-9-26-14-16)15-34-22(20)29-23(25)28-21/h3-9,14-15H,10-13H2,1-2H3,(H,27,33)(H2,25,28,29). The third-order valence-corrected chi connectivity index (χ3v) is 6.78. The van der Waals surface area contributed by atoms with E-state index in [1.54, 1.807) is 17.5 Å². The van der Waals surface area contributed by atoms with Crippen LogP contribution in [0.3, 0.4) is 0 Å². The van der Waals surface area contributed by atoms with E-state index >= 15 is 0 Å². The first-order chi connectivity index (χ1) is 16.5. The summed E-state index contributed by atoms with van der Waals surface area (Å²) >= 11 is 1.55. The van der Waals surface area contributed by atoms with Gasteiger partial charge in [-0.15, -0.1) is 11.3 Å². The van der Waals surface area contributed by atoms with E-state index in [0.717, 1.165) is 38.5 Å². The van der Waals surface area contributed by atoms with Crippen LogP contribution in [0.4, 0.5) is 27.9 Å². The Morgan fingerprint density at radius 1 is 1.09 bits per heavy atom. The largest absolute Gasteiger partial charge is 0.378 e. The molecular weight excluding hydrogens is 448 g/mol. The first-order valence-electron chi connectivity index (χ1n) is 11.0. The molecule has 0 spiro atoms. The molecule has 0 saturated carbocycles. The Morgan fingerprint density at radius 3 is 2.53 bits per heavy atom. The van der Waals surface area contributed by atoms with E-state index in [-0.39, 0.29) is 12.0 Å². The molecule has 3 aromatic heterocycles. The monoisotopic (exact) mass is 474 g/mol. The van der Waals surface area contributed by atoms with Crippen molar-refractivity contribution >= 4 is 50.7 Å². The molecule has 10 heteroatoms. The predicted octanol–water partition coefficient (Wildman–Crippen LogP) is 3.76. The van der Waals surface area contributed by atoms with Gasteiger partial charge in [0.05, 0.1) is 5.39 Å². The van der Waals surface area contributed by atoms with Gasteiger partial charge in [-0.1, -0.05) is 6.07 Å². The highest BCUT2D eigenvalue weighted by Crippen LogP contribution is 2.38. The van der Waals surface area contributed by atoms with Gasteiger partial charge >= 0.3 is 6.03 Å².